The van der Waals surface area contributed by atoms with Crippen molar-refractivity contribution in [1.29, 1.82) is 0 Å². The minimum atomic E-state index is 0.507. The Balaban J connectivity index is 2.99. The van der Waals surface area contributed by atoms with Crippen molar-refractivity contribution in [3.05, 3.63) is 17.5 Å². The maximum atomic E-state index is 5.64. The molecule has 0 aromatic carbocycles. The number of aromatic nitrogens is 2. The normalized spacial score (nSPS) is 11.2. The molecule has 0 bridgehead atoms. The highest BCUT2D eigenvalue weighted by Crippen LogP contribution is 2.19. The maximum Gasteiger partial charge on any atom is 0.0537 e. The first-order valence-electron chi connectivity index (χ1n) is 4.95. The van der Waals surface area contributed by atoms with Gasteiger partial charge in [0.2, 0.25) is 0 Å². The third-order valence-electron chi connectivity index (χ3n) is 2.16. The molecule has 0 unspecified atom stereocenters. The van der Waals surface area contributed by atoms with Crippen molar-refractivity contribution < 1.29 is 0 Å². The molecule has 1 rings (SSSR count). The highest BCUT2D eigenvalue weighted by Gasteiger charge is 2.11. The van der Waals surface area contributed by atoms with Crippen molar-refractivity contribution in [3.63, 3.8) is 0 Å². The number of nitrogens with two attached hydrogens (primary N) is 1. The Labute approximate surface area is 79.9 Å². The molecule has 3 heteroatoms. The molecule has 1 heterocycles. The van der Waals surface area contributed by atoms with Crippen LogP contribution < -0.4 is 5.73 Å². The Morgan fingerprint density at radius 3 is 2.69 bits per heavy atom. The van der Waals surface area contributed by atoms with E-state index in [0.717, 1.165) is 13.0 Å². The highest BCUT2D eigenvalue weighted by molar-refractivity contribution is 5.20. The summed E-state index contributed by atoms with van der Waals surface area (Å²) in [5.74, 6) is 0.507. The summed E-state index contributed by atoms with van der Waals surface area (Å²) in [4.78, 5) is 0. The number of aryl methyl sites for hydroxylation is 1. The number of nitrogens with zero attached hydrogens (tertiary/aromatic N) is 2. The fourth-order valence-corrected chi connectivity index (χ4v) is 1.65. The number of hydrogen-bond donors (Lipinski definition) is 1. The molecule has 0 atom stereocenters. The lowest BCUT2D eigenvalue weighted by molar-refractivity contribution is 0.555. The lowest BCUT2D eigenvalue weighted by Crippen LogP contribution is -2.09. The fourth-order valence-electron chi connectivity index (χ4n) is 1.65. The van der Waals surface area contributed by atoms with Gasteiger partial charge in [0.25, 0.3) is 0 Å². The molecule has 1 aromatic heterocycles. The van der Waals surface area contributed by atoms with Crippen LogP contribution >= 0.6 is 0 Å². The van der Waals surface area contributed by atoms with Gasteiger partial charge in [0.05, 0.1) is 6.20 Å². The van der Waals surface area contributed by atoms with E-state index in [9.17, 15) is 0 Å². The Hall–Kier alpha value is -0.830. The van der Waals surface area contributed by atoms with E-state index in [-0.39, 0.29) is 0 Å². The van der Waals surface area contributed by atoms with E-state index in [1.807, 2.05) is 6.20 Å². The topological polar surface area (TPSA) is 43.8 Å². The van der Waals surface area contributed by atoms with Crippen molar-refractivity contribution >= 4 is 0 Å². The van der Waals surface area contributed by atoms with Gasteiger partial charge in [-0.05, 0) is 12.3 Å². The van der Waals surface area contributed by atoms with E-state index in [1.165, 1.54) is 11.3 Å². The van der Waals surface area contributed by atoms with Gasteiger partial charge in [-0.2, -0.15) is 5.10 Å². The van der Waals surface area contributed by atoms with Crippen molar-refractivity contribution in [2.24, 2.45) is 5.73 Å². The molecule has 3 nitrogen and oxygen atoms in total. The second kappa shape index (κ2) is 4.42. The Kier molecular flexibility index (Phi) is 3.48. The van der Waals surface area contributed by atoms with Crippen LogP contribution in [0.3, 0.4) is 0 Å². The maximum absolute atomic E-state index is 5.64. The molecule has 0 aliphatic rings. The van der Waals surface area contributed by atoms with Crippen LogP contribution in [-0.2, 0) is 13.1 Å². The SMILES string of the molecule is CCCn1ncc(CN)c1C(C)C. The van der Waals surface area contributed by atoms with Gasteiger partial charge in [-0.25, -0.2) is 0 Å². The van der Waals surface area contributed by atoms with Crippen molar-refractivity contribution in [2.75, 3.05) is 0 Å². The molecule has 74 valence electrons. The van der Waals surface area contributed by atoms with Gasteiger partial charge in [-0.3, -0.25) is 4.68 Å². The molecule has 0 saturated heterocycles. The van der Waals surface area contributed by atoms with Gasteiger partial charge in [-0.1, -0.05) is 20.8 Å². The van der Waals surface area contributed by atoms with Gasteiger partial charge >= 0.3 is 0 Å². The monoisotopic (exact) mass is 181 g/mol. The summed E-state index contributed by atoms with van der Waals surface area (Å²) in [6.45, 7) is 8.11. The van der Waals surface area contributed by atoms with Gasteiger partial charge < -0.3 is 5.73 Å². The molecule has 13 heavy (non-hydrogen) atoms. The predicted octanol–water partition coefficient (Wildman–Crippen LogP) is 1.88. The average Bonchev–Trinajstić information content (AvgIpc) is 2.48. The molecule has 0 fully saturated rings. The predicted molar refractivity (Wildman–Crippen MR) is 54.5 cm³/mol. The molecule has 0 saturated carbocycles. The zero-order valence-corrected chi connectivity index (χ0v) is 8.75. The third kappa shape index (κ3) is 2.10. The van der Waals surface area contributed by atoms with Gasteiger partial charge in [0, 0.05) is 24.3 Å². The molecule has 0 spiro atoms. The van der Waals surface area contributed by atoms with Crippen LogP contribution in [-0.4, -0.2) is 9.78 Å². The van der Waals surface area contributed by atoms with Crippen LogP contribution in [0.1, 0.15) is 44.4 Å². The van der Waals surface area contributed by atoms with Crippen LogP contribution in [0.4, 0.5) is 0 Å². The van der Waals surface area contributed by atoms with Gasteiger partial charge in [0.15, 0.2) is 0 Å². The van der Waals surface area contributed by atoms with Crippen LogP contribution in [0.25, 0.3) is 0 Å². The number of hydrogen-bond acceptors (Lipinski definition) is 2. The van der Waals surface area contributed by atoms with Crippen molar-refractivity contribution in [1.82, 2.24) is 9.78 Å². The summed E-state index contributed by atoms with van der Waals surface area (Å²) in [6.07, 6.45) is 3.01. The molecule has 1 aromatic rings. The van der Waals surface area contributed by atoms with Crippen molar-refractivity contribution in [3.8, 4) is 0 Å². The minimum absolute atomic E-state index is 0.507. The molecule has 0 aliphatic carbocycles. The van der Waals surface area contributed by atoms with E-state index >= 15 is 0 Å². The molecule has 0 aliphatic heterocycles. The summed E-state index contributed by atoms with van der Waals surface area (Å²) >= 11 is 0. The van der Waals surface area contributed by atoms with Crippen LogP contribution in [0, 0.1) is 0 Å². The smallest absolute Gasteiger partial charge is 0.0537 e. The summed E-state index contributed by atoms with van der Waals surface area (Å²) in [7, 11) is 0. The fraction of sp³-hybridized carbons (Fsp3) is 0.700. The van der Waals surface area contributed by atoms with Crippen LogP contribution in [0.2, 0.25) is 0 Å². The molecular weight excluding hydrogens is 162 g/mol. The molecule has 0 radical (unpaired) electrons. The van der Waals surface area contributed by atoms with Gasteiger partial charge in [-0.15, -0.1) is 0 Å². The Morgan fingerprint density at radius 2 is 2.23 bits per heavy atom. The van der Waals surface area contributed by atoms with Crippen LogP contribution in [0.5, 0.6) is 0 Å². The first-order valence-corrected chi connectivity index (χ1v) is 4.95. The highest BCUT2D eigenvalue weighted by atomic mass is 15.3. The first kappa shape index (κ1) is 10.3. The summed E-state index contributed by atoms with van der Waals surface area (Å²) in [6, 6.07) is 0. The average molecular weight is 181 g/mol. The number of rotatable bonds is 4. The van der Waals surface area contributed by atoms with E-state index in [1.54, 1.807) is 0 Å². The van der Waals surface area contributed by atoms with Crippen LogP contribution in [0.15, 0.2) is 6.20 Å². The molecule has 2 N–H and O–H groups in total. The first-order chi connectivity index (χ1) is 6.20. The minimum Gasteiger partial charge on any atom is -0.326 e. The van der Waals surface area contributed by atoms with E-state index in [4.69, 9.17) is 5.73 Å². The van der Waals surface area contributed by atoms with Crippen molar-refractivity contribution in [2.45, 2.75) is 46.2 Å². The second-order valence-corrected chi connectivity index (χ2v) is 3.64. The lowest BCUT2D eigenvalue weighted by atomic mass is 10.1. The van der Waals surface area contributed by atoms with E-state index in [2.05, 4.69) is 30.6 Å². The lowest BCUT2D eigenvalue weighted by Gasteiger charge is -2.11. The third-order valence-corrected chi connectivity index (χ3v) is 2.16. The summed E-state index contributed by atoms with van der Waals surface area (Å²) < 4.78 is 2.08. The summed E-state index contributed by atoms with van der Waals surface area (Å²) in [5.41, 5.74) is 8.12. The quantitative estimate of drug-likeness (QED) is 0.770. The standard InChI is InChI=1S/C10H19N3/c1-4-5-13-10(8(2)3)9(6-11)7-12-13/h7-8H,4-6,11H2,1-3H3. The zero-order chi connectivity index (χ0) is 9.84. The molecular formula is C10H19N3. The Morgan fingerprint density at radius 1 is 1.54 bits per heavy atom. The Bertz CT molecular complexity index is 263. The summed E-state index contributed by atoms with van der Waals surface area (Å²) in [5, 5.41) is 4.33. The zero-order valence-electron chi connectivity index (χ0n) is 8.75. The molecule has 0 amide bonds. The van der Waals surface area contributed by atoms with E-state index in [0.29, 0.717) is 12.5 Å². The van der Waals surface area contributed by atoms with E-state index < -0.39 is 0 Å². The largest absolute Gasteiger partial charge is 0.326 e. The second-order valence-electron chi connectivity index (χ2n) is 3.64. The van der Waals surface area contributed by atoms with Gasteiger partial charge in [0.1, 0.15) is 0 Å².